The van der Waals surface area contributed by atoms with Crippen LogP contribution in [0, 0.1) is 0 Å². The summed E-state index contributed by atoms with van der Waals surface area (Å²) >= 11 is 0. The topological polar surface area (TPSA) is 34.2 Å². The molecule has 3 nitrogen and oxygen atoms in total. The van der Waals surface area contributed by atoms with Crippen molar-refractivity contribution in [1.82, 2.24) is 4.98 Å². The molecule has 24 heavy (non-hydrogen) atoms. The Balaban J connectivity index is 1.70. The van der Waals surface area contributed by atoms with Crippen LogP contribution >= 0.6 is 0 Å². The van der Waals surface area contributed by atoms with E-state index in [0.717, 1.165) is 36.3 Å². The summed E-state index contributed by atoms with van der Waals surface area (Å²) in [6.45, 7) is 3.14. The Morgan fingerprint density at radius 1 is 1.04 bits per heavy atom. The first-order valence-corrected chi connectivity index (χ1v) is 8.54. The summed E-state index contributed by atoms with van der Waals surface area (Å²) in [5, 5.41) is 4.72. The van der Waals surface area contributed by atoms with Crippen molar-refractivity contribution in [2.75, 3.05) is 19.0 Å². The molecular formula is C21H24N2O. The second-order valence-electron chi connectivity index (χ2n) is 5.94. The lowest BCUT2D eigenvalue weighted by atomic mass is 9.92. The van der Waals surface area contributed by atoms with Crippen LogP contribution in [0.25, 0.3) is 10.9 Å². The van der Waals surface area contributed by atoms with Crippen LogP contribution in [0.3, 0.4) is 0 Å². The largest absolute Gasteiger partial charge is 0.496 e. The summed E-state index contributed by atoms with van der Waals surface area (Å²) in [4.78, 5) is 4.50. The molecule has 0 saturated heterocycles. The number of pyridine rings is 1. The van der Waals surface area contributed by atoms with Crippen LogP contribution in [0.4, 0.5) is 5.69 Å². The van der Waals surface area contributed by atoms with Crippen molar-refractivity contribution in [2.45, 2.75) is 25.7 Å². The van der Waals surface area contributed by atoms with Crippen LogP contribution in [0.5, 0.6) is 5.75 Å². The summed E-state index contributed by atoms with van der Waals surface area (Å²) in [7, 11) is 1.74. The van der Waals surface area contributed by atoms with Gasteiger partial charge in [0.15, 0.2) is 0 Å². The number of benzene rings is 2. The van der Waals surface area contributed by atoms with E-state index in [9.17, 15) is 0 Å². The third-order valence-corrected chi connectivity index (χ3v) is 4.51. The predicted molar refractivity (Wildman–Crippen MR) is 101 cm³/mol. The fourth-order valence-corrected chi connectivity index (χ4v) is 3.21. The quantitative estimate of drug-likeness (QED) is 0.646. The first kappa shape index (κ1) is 16.3. The van der Waals surface area contributed by atoms with E-state index in [1.807, 2.05) is 24.4 Å². The van der Waals surface area contributed by atoms with Gasteiger partial charge in [-0.2, -0.15) is 0 Å². The first-order chi connectivity index (χ1) is 11.8. The number of hydrogen-bond donors (Lipinski definition) is 1. The van der Waals surface area contributed by atoms with Crippen molar-refractivity contribution in [3.05, 3.63) is 66.4 Å². The van der Waals surface area contributed by atoms with E-state index in [4.69, 9.17) is 4.74 Å². The third kappa shape index (κ3) is 3.51. The van der Waals surface area contributed by atoms with Gasteiger partial charge in [-0.05, 0) is 42.5 Å². The van der Waals surface area contributed by atoms with Gasteiger partial charge in [0, 0.05) is 18.1 Å². The molecule has 0 bridgehead atoms. The molecule has 0 fully saturated rings. The molecule has 0 aliphatic carbocycles. The number of hydrogen-bond acceptors (Lipinski definition) is 3. The number of methoxy groups -OCH3 is 1. The number of rotatable bonds is 7. The summed E-state index contributed by atoms with van der Waals surface area (Å²) in [5.41, 5.74) is 3.42. The Kier molecular flexibility index (Phi) is 5.32. The molecule has 3 aromatic rings. The van der Waals surface area contributed by atoms with Crippen molar-refractivity contribution in [1.29, 1.82) is 0 Å². The Morgan fingerprint density at radius 3 is 2.71 bits per heavy atom. The van der Waals surface area contributed by atoms with Crippen LogP contribution in [0.1, 0.15) is 31.2 Å². The molecule has 1 unspecified atom stereocenters. The standard InChI is InChI=1S/C21H24N2O/c1-3-16(18-10-4-5-12-20(18)24-2)13-15-22-19-11-6-8-17-9-7-14-23-21(17)19/h4-12,14,16,22H,3,13,15H2,1-2H3. The molecule has 0 radical (unpaired) electrons. The lowest BCUT2D eigenvalue weighted by molar-refractivity contribution is 0.403. The first-order valence-electron chi connectivity index (χ1n) is 8.54. The van der Waals surface area contributed by atoms with Gasteiger partial charge >= 0.3 is 0 Å². The maximum Gasteiger partial charge on any atom is 0.122 e. The maximum absolute atomic E-state index is 5.52. The van der Waals surface area contributed by atoms with E-state index in [1.54, 1.807) is 7.11 Å². The molecule has 124 valence electrons. The maximum atomic E-state index is 5.52. The summed E-state index contributed by atoms with van der Waals surface area (Å²) in [6.07, 6.45) is 3.99. The Labute approximate surface area is 143 Å². The van der Waals surface area contributed by atoms with Crippen LogP contribution in [-0.4, -0.2) is 18.6 Å². The average Bonchev–Trinajstić information content (AvgIpc) is 2.65. The number of anilines is 1. The van der Waals surface area contributed by atoms with Gasteiger partial charge in [0.05, 0.1) is 18.3 Å². The van der Waals surface area contributed by atoms with Gasteiger partial charge in [-0.1, -0.05) is 43.3 Å². The summed E-state index contributed by atoms with van der Waals surface area (Å²) in [6, 6.07) is 18.7. The number of para-hydroxylation sites is 2. The van der Waals surface area contributed by atoms with E-state index >= 15 is 0 Å². The van der Waals surface area contributed by atoms with Gasteiger partial charge in [-0.15, -0.1) is 0 Å². The molecule has 0 saturated carbocycles. The number of ether oxygens (including phenoxy) is 1. The molecule has 3 rings (SSSR count). The summed E-state index contributed by atoms with van der Waals surface area (Å²) < 4.78 is 5.52. The summed E-state index contributed by atoms with van der Waals surface area (Å²) in [5.74, 6) is 1.47. The Bertz CT molecular complexity index is 795. The number of fused-ring (bicyclic) bond motifs is 1. The van der Waals surface area contributed by atoms with Crippen LogP contribution in [0.2, 0.25) is 0 Å². The van der Waals surface area contributed by atoms with Crippen molar-refractivity contribution in [3.63, 3.8) is 0 Å². The zero-order chi connectivity index (χ0) is 16.8. The van der Waals surface area contributed by atoms with Crippen molar-refractivity contribution < 1.29 is 4.74 Å². The van der Waals surface area contributed by atoms with Gasteiger partial charge in [0.25, 0.3) is 0 Å². The van der Waals surface area contributed by atoms with Crippen LogP contribution in [-0.2, 0) is 0 Å². The molecule has 0 aliphatic heterocycles. The normalized spacial score (nSPS) is 12.1. The predicted octanol–water partition coefficient (Wildman–Crippen LogP) is 5.24. The Morgan fingerprint density at radius 2 is 1.88 bits per heavy atom. The minimum absolute atomic E-state index is 0.483. The monoisotopic (exact) mass is 320 g/mol. The zero-order valence-corrected chi connectivity index (χ0v) is 14.3. The molecule has 0 aliphatic rings. The van der Waals surface area contributed by atoms with Crippen molar-refractivity contribution >= 4 is 16.6 Å². The van der Waals surface area contributed by atoms with E-state index in [0.29, 0.717) is 5.92 Å². The number of nitrogens with one attached hydrogen (secondary N) is 1. The van der Waals surface area contributed by atoms with E-state index in [2.05, 4.69) is 53.6 Å². The van der Waals surface area contributed by atoms with E-state index in [1.165, 1.54) is 10.9 Å². The molecule has 0 amide bonds. The van der Waals surface area contributed by atoms with Crippen molar-refractivity contribution in [3.8, 4) is 5.75 Å². The number of aromatic nitrogens is 1. The fourth-order valence-electron chi connectivity index (χ4n) is 3.21. The minimum atomic E-state index is 0.483. The van der Waals surface area contributed by atoms with Gasteiger partial charge in [-0.3, -0.25) is 4.98 Å². The van der Waals surface area contributed by atoms with Gasteiger partial charge in [0.2, 0.25) is 0 Å². The number of nitrogens with zero attached hydrogens (tertiary/aromatic N) is 1. The smallest absolute Gasteiger partial charge is 0.122 e. The lowest BCUT2D eigenvalue weighted by Crippen LogP contribution is -2.09. The molecule has 1 N–H and O–H groups in total. The highest BCUT2D eigenvalue weighted by Crippen LogP contribution is 2.31. The molecule has 1 aromatic heterocycles. The van der Waals surface area contributed by atoms with Gasteiger partial charge in [0.1, 0.15) is 5.75 Å². The van der Waals surface area contributed by atoms with Gasteiger partial charge < -0.3 is 10.1 Å². The molecule has 2 aromatic carbocycles. The molecular weight excluding hydrogens is 296 g/mol. The van der Waals surface area contributed by atoms with E-state index < -0.39 is 0 Å². The van der Waals surface area contributed by atoms with Crippen molar-refractivity contribution in [2.24, 2.45) is 0 Å². The van der Waals surface area contributed by atoms with Crippen LogP contribution in [0.15, 0.2) is 60.8 Å². The molecule has 0 spiro atoms. The molecule has 1 heterocycles. The second kappa shape index (κ2) is 7.82. The highest BCUT2D eigenvalue weighted by atomic mass is 16.5. The fraction of sp³-hybridized carbons (Fsp3) is 0.286. The average molecular weight is 320 g/mol. The highest BCUT2D eigenvalue weighted by molar-refractivity contribution is 5.90. The van der Waals surface area contributed by atoms with E-state index in [-0.39, 0.29) is 0 Å². The molecule has 3 heteroatoms. The second-order valence-corrected chi connectivity index (χ2v) is 5.94. The molecule has 1 atom stereocenters. The highest BCUT2D eigenvalue weighted by Gasteiger charge is 2.14. The Hall–Kier alpha value is -2.55. The van der Waals surface area contributed by atoms with Crippen LogP contribution < -0.4 is 10.1 Å². The SMILES string of the molecule is CCC(CCNc1cccc2cccnc12)c1ccccc1OC. The minimum Gasteiger partial charge on any atom is -0.496 e. The zero-order valence-electron chi connectivity index (χ0n) is 14.3. The lowest BCUT2D eigenvalue weighted by Gasteiger charge is -2.19. The van der Waals surface area contributed by atoms with Gasteiger partial charge in [-0.25, -0.2) is 0 Å². The third-order valence-electron chi connectivity index (χ3n) is 4.51.